The third-order valence-corrected chi connectivity index (χ3v) is 3.38. The zero-order valence-corrected chi connectivity index (χ0v) is 10.1. The molecule has 3 heterocycles. The van der Waals surface area contributed by atoms with Gasteiger partial charge in [-0.05, 0) is 11.4 Å². The minimum Gasteiger partial charge on any atom is -0.445 e. The third-order valence-electron chi connectivity index (χ3n) is 2.50. The first-order valence-electron chi connectivity index (χ1n) is 5.32. The summed E-state index contributed by atoms with van der Waals surface area (Å²) in [5.74, 6) is -0.183. The molecule has 3 rings (SSSR count). The first kappa shape index (κ1) is 10.9. The molecule has 18 heavy (non-hydrogen) atoms. The predicted octanol–water partition coefficient (Wildman–Crippen LogP) is 2.21. The number of nitrogens with zero attached hydrogens (tertiary/aromatic N) is 2. The van der Waals surface area contributed by atoms with Gasteiger partial charge < -0.3 is 9.73 Å². The van der Waals surface area contributed by atoms with Gasteiger partial charge in [0.1, 0.15) is 12.6 Å². The summed E-state index contributed by atoms with van der Waals surface area (Å²) in [6, 6.07) is 3.93. The molecule has 3 aromatic heterocycles. The van der Waals surface area contributed by atoms with Gasteiger partial charge in [0.2, 0.25) is 5.71 Å². The van der Waals surface area contributed by atoms with E-state index >= 15 is 0 Å². The number of hydrogen-bond acceptors (Lipinski definition) is 5. The van der Waals surface area contributed by atoms with Crippen molar-refractivity contribution in [3.63, 3.8) is 0 Å². The molecule has 3 aromatic rings. The van der Waals surface area contributed by atoms with Crippen LogP contribution in [0.15, 0.2) is 40.7 Å². The molecular formula is C12H9N3O2S. The van der Waals surface area contributed by atoms with Crippen LogP contribution in [0.2, 0.25) is 0 Å². The van der Waals surface area contributed by atoms with Crippen LogP contribution >= 0.6 is 11.3 Å². The number of carbonyl (C=O) groups is 1. The zero-order chi connectivity index (χ0) is 12.4. The second-order valence-corrected chi connectivity index (χ2v) is 4.69. The molecule has 0 bridgehead atoms. The lowest BCUT2D eigenvalue weighted by Crippen LogP contribution is -2.21. The summed E-state index contributed by atoms with van der Waals surface area (Å²) in [5.41, 5.74) is 0.883. The lowest BCUT2D eigenvalue weighted by atomic mass is 10.2. The Labute approximate surface area is 106 Å². The van der Waals surface area contributed by atoms with Crippen molar-refractivity contribution in [2.75, 3.05) is 0 Å². The maximum atomic E-state index is 12.0. The quantitative estimate of drug-likeness (QED) is 0.783. The Morgan fingerprint density at radius 1 is 1.50 bits per heavy atom. The number of nitrogens with one attached hydrogen (secondary N) is 1. The van der Waals surface area contributed by atoms with E-state index in [1.807, 2.05) is 17.5 Å². The van der Waals surface area contributed by atoms with Crippen LogP contribution in [0.4, 0.5) is 0 Å². The van der Waals surface area contributed by atoms with E-state index in [2.05, 4.69) is 15.3 Å². The van der Waals surface area contributed by atoms with Crippen molar-refractivity contribution in [3.8, 4) is 0 Å². The van der Waals surface area contributed by atoms with E-state index < -0.39 is 0 Å². The van der Waals surface area contributed by atoms with Crippen LogP contribution in [0.3, 0.4) is 0 Å². The van der Waals surface area contributed by atoms with Gasteiger partial charge in [0.25, 0.3) is 5.91 Å². The summed E-state index contributed by atoms with van der Waals surface area (Å²) in [6.07, 6.45) is 4.37. The van der Waals surface area contributed by atoms with Gasteiger partial charge in [0.05, 0.1) is 17.5 Å². The topological polar surface area (TPSA) is 68.0 Å². The molecule has 0 aliphatic rings. The van der Waals surface area contributed by atoms with E-state index in [1.54, 1.807) is 17.5 Å². The van der Waals surface area contributed by atoms with Gasteiger partial charge in [-0.15, -0.1) is 11.3 Å². The number of hydrogen-bond donors (Lipinski definition) is 1. The van der Waals surface area contributed by atoms with Crippen LogP contribution < -0.4 is 5.32 Å². The molecule has 0 saturated carbocycles. The maximum absolute atomic E-state index is 12.0. The molecule has 0 saturated heterocycles. The number of aromatic nitrogens is 2. The smallest absolute Gasteiger partial charge is 0.255 e. The summed E-state index contributed by atoms with van der Waals surface area (Å²) < 4.78 is 5.20. The van der Waals surface area contributed by atoms with Crippen LogP contribution in [0.1, 0.15) is 15.2 Å². The van der Waals surface area contributed by atoms with E-state index in [4.69, 9.17) is 4.42 Å². The Morgan fingerprint density at radius 2 is 2.44 bits per heavy atom. The van der Waals surface area contributed by atoms with Gasteiger partial charge in [-0.2, -0.15) is 0 Å². The summed E-state index contributed by atoms with van der Waals surface area (Å²) in [6.45, 7) is 0.511. The molecule has 0 fully saturated rings. The van der Waals surface area contributed by atoms with Crippen LogP contribution in [0.5, 0.6) is 0 Å². The van der Waals surface area contributed by atoms with Crippen molar-refractivity contribution in [3.05, 3.63) is 46.7 Å². The van der Waals surface area contributed by atoms with Crippen LogP contribution in [-0.2, 0) is 6.54 Å². The Morgan fingerprint density at radius 3 is 3.28 bits per heavy atom. The Hall–Kier alpha value is -2.21. The minimum absolute atomic E-state index is 0.183. The van der Waals surface area contributed by atoms with Crippen molar-refractivity contribution >= 4 is 28.3 Å². The first-order valence-corrected chi connectivity index (χ1v) is 6.20. The van der Waals surface area contributed by atoms with Crippen molar-refractivity contribution in [1.82, 2.24) is 15.3 Å². The summed E-state index contributed by atoms with van der Waals surface area (Å²) in [7, 11) is 0. The summed E-state index contributed by atoms with van der Waals surface area (Å²) in [5, 5.41) is 5.44. The molecular weight excluding hydrogens is 250 g/mol. The number of fused-ring (bicyclic) bond motifs is 1. The number of amides is 1. The van der Waals surface area contributed by atoms with E-state index in [1.165, 1.54) is 12.6 Å². The standard InChI is InChI=1S/C12H9N3O2S/c16-11(14-4-8-2-1-3-18-8)10-6-17-12-9(10)5-13-7-15-12/h1-3,5-7H,4H2,(H,14,16). The van der Waals surface area contributed by atoms with Gasteiger partial charge in [0.15, 0.2) is 0 Å². The van der Waals surface area contributed by atoms with Gasteiger partial charge in [0, 0.05) is 11.1 Å². The van der Waals surface area contributed by atoms with Gasteiger partial charge in [-0.25, -0.2) is 9.97 Å². The molecule has 0 atom stereocenters. The minimum atomic E-state index is -0.183. The van der Waals surface area contributed by atoms with Crippen LogP contribution in [0.25, 0.3) is 11.1 Å². The molecule has 1 N–H and O–H groups in total. The fourth-order valence-electron chi connectivity index (χ4n) is 1.63. The Balaban J connectivity index is 1.80. The van der Waals surface area contributed by atoms with Crippen LogP contribution in [-0.4, -0.2) is 15.9 Å². The SMILES string of the molecule is O=C(NCc1cccs1)c1coc2ncncc12. The molecule has 5 nitrogen and oxygen atoms in total. The van der Waals surface area contributed by atoms with Crippen molar-refractivity contribution in [2.24, 2.45) is 0 Å². The monoisotopic (exact) mass is 259 g/mol. The largest absolute Gasteiger partial charge is 0.445 e. The average Bonchev–Trinajstić information content (AvgIpc) is 3.05. The number of carbonyl (C=O) groups excluding carboxylic acids is 1. The highest BCUT2D eigenvalue weighted by atomic mass is 32.1. The molecule has 0 spiro atoms. The van der Waals surface area contributed by atoms with E-state index in [9.17, 15) is 4.79 Å². The predicted molar refractivity (Wildman–Crippen MR) is 67.3 cm³/mol. The highest BCUT2D eigenvalue weighted by Gasteiger charge is 2.14. The molecule has 0 unspecified atom stereocenters. The molecule has 90 valence electrons. The van der Waals surface area contributed by atoms with E-state index in [-0.39, 0.29) is 5.91 Å². The number of thiophene rings is 1. The number of furan rings is 1. The normalized spacial score (nSPS) is 10.7. The first-order chi connectivity index (χ1) is 8.84. The second-order valence-electron chi connectivity index (χ2n) is 3.65. The molecule has 0 aliphatic heterocycles. The molecule has 0 radical (unpaired) electrons. The van der Waals surface area contributed by atoms with Gasteiger partial charge in [-0.3, -0.25) is 4.79 Å². The molecule has 0 aliphatic carbocycles. The van der Waals surface area contributed by atoms with Crippen molar-refractivity contribution in [1.29, 1.82) is 0 Å². The molecule has 1 amide bonds. The lowest BCUT2D eigenvalue weighted by Gasteiger charge is -2.01. The van der Waals surface area contributed by atoms with E-state index in [0.29, 0.717) is 23.2 Å². The fraction of sp³-hybridized carbons (Fsp3) is 0.0833. The fourth-order valence-corrected chi connectivity index (χ4v) is 2.27. The third kappa shape index (κ3) is 1.98. The highest BCUT2D eigenvalue weighted by Crippen LogP contribution is 2.17. The van der Waals surface area contributed by atoms with Gasteiger partial charge >= 0.3 is 0 Å². The summed E-state index contributed by atoms with van der Waals surface area (Å²) >= 11 is 1.60. The second kappa shape index (κ2) is 4.58. The van der Waals surface area contributed by atoms with E-state index in [0.717, 1.165) is 4.88 Å². The summed E-state index contributed by atoms with van der Waals surface area (Å²) in [4.78, 5) is 20.9. The van der Waals surface area contributed by atoms with Crippen LogP contribution in [0, 0.1) is 0 Å². The Kier molecular flexibility index (Phi) is 2.77. The van der Waals surface area contributed by atoms with Crippen molar-refractivity contribution in [2.45, 2.75) is 6.54 Å². The Bertz CT molecular complexity index is 676. The molecule has 0 aromatic carbocycles. The highest BCUT2D eigenvalue weighted by molar-refractivity contribution is 7.09. The maximum Gasteiger partial charge on any atom is 0.255 e. The van der Waals surface area contributed by atoms with Crippen molar-refractivity contribution < 1.29 is 9.21 Å². The molecule has 6 heteroatoms. The lowest BCUT2D eigenvalue weighted by molar-refractivity contribution is 0.0952. The average molecular weight is 259 g/mol. The number of rotatable bonds is 3. The van der Waals surface area contributed by atoms with Gasteiger partial charge in [-0.1, -0.05) is 6.07 Å². The zero-order valence-electron chi connectivity index (χ0n) is 9.29.